The van der Waals surface area contributed by atoms with E-state index < -0.39 is 0 Å². The summed E-state index contributed by atoms with van der Waals surface area (Å²) in [6.07, 6.45) is 8.20. The van der Waals surface area contributed by atoms with Crippen LogP contribution in [0, 0.1) is 5.92 Å². The van der Waals surface area contributed by atoms with Crippen molar-refractivity contribution in [2.45, 2.75) is 58.0 Å². The van der Waals surface area contributed by atoms with Crippen molar-refractivity contribution in [1.82, 2.24) is 9.78 Å². The van der Waals surface area contributed by atoms with Crippen molar-refractivity contribution < 1.29 is 4.74 Å². The van der Waals surface area contributed by atoms with Crippen LogP contribution in [0.15, 0.2) is 6.20 Å². The first-order valence-corrected chi connectivity index (χ1v) is 7.00. The van der Waals surface area contributed by atoms with Crippen LogP contribution in [0.3, 0.4) is 0 Å². The standard InChI is InChI=1S/C14H25N3O/c1-10(2)17-14(13(18-3)9-16-17)12(15)8-11-6-4-5-7-11/h9-12H,4-8,15H2,1-3H3. The second kappa shape index (κ2) is 5.74. The Morgan fingerprint density at radius 2 is 2.11 bits per heavy atom. The average Bonchev–Trinajstić information content (AvgIpc) is 2.95. The molecule has 0 radical (unpaired) electrons. The Morgan fingerprint density at radius 3 is 2.67 bits per heavy atom. The van der Waals surface area contributed by atoms with Crippen molar-refractivity contribution in [3.05, 3.63) is 11.9 Å². The zero-order valence-corrected chi connectivity index (χ0v) is 11.7. The van der Waals surface area contributed by atoms with Crippen LogP contribution in [0.5, 0.6) is 5.75 Å². The van der Waals surface area contributed by atoms with Gasteiger partial charge in [-0.1, -0.05) is 25.7 Å². The van der Waals surface area contributed by atoms with Gasteiger partial charge < -0.3 is 10.5 Å². The molecule has 2 N–H and O–H groups in total. The SMILES string of the molecule is COc1cnn(C(C)C)c1C(N)CC1CCCC1. The predicted octanol–water partition coefficient (Wildman–Crippen LogP) is 3.05. The fraction of sp³-hybridized carbons (Fsp3) is 0.786. The summed E-state index contributed by atoms with van der Waals surface area (Å²) in [5.74, 6) is 1.61. The van der Waals surface area contributed by atoms with Crippen molar-refractivity contribution in [3.63, 3.8) is 0 Å². The van der Waals surface area contributed by atoms with Crippen molar-refractivity contribution in [1.29, 1.82) is 0 Å². The van der Waals surface area contributed by atoms with E-state index in [0.29, 0.717) is 6.04 Å². The molecule has 0 saturated heterocycles. The fourth-order valence-corrected chi connectivity index (χ4v) is 2.99. The molecule has 2 rings (SSSR count). The maximum absolute atomic E-state index is 6.39. The molecule has 1 atom stereocenters. The van der Waals surface area contributed by atoms with Gasteiger partial charge in [-0.25, -0.2) is 0 Å². The van der Waals surface area contributed by atoms with E-state index in [9.17, 15) is 0 Å². The van der Waals surface area contributed by atoms with Gasteiger partial charge in [-0.15, -0.1) is 0 Å². The number of ether oxygens (including phenoxy) is 1. The summed E-state index contributed by atoms with van der Waals surface area (Å²) in [7, 11) is 1.69. The van der Waals surface area contributed by atoms with Gasteiger partial charge in [0, 0.05) is 6.04 Å². The molecule has 1 unspecified atom stereocenters. The molecule has 0 bridgehead atoms. The lowest BCUT2D eigenvalue weighted by Crippen LogP contribution is -2.20. The number of aromatic nitrogens is 2. The minimum absolute atomic E-state index is 0.0351. The lowest BCUT2D eigenvalue weighted by atomic mass is 9.96. The summed E-state index contributed by atoms with van der Waals surface area (Å²) in [6, 6.07) is 0.353. The Bertz CT molecular complexity index is 380. The summed E-state index contributed by atoms with van der Waals surface area (Å²) in [5.41, 5.74) is 7.45. The predicted molar refractivity (Wildman–Crippen MR) is 72.7 cm³/mol. The number of hydrogen-bond donors (Lipinski definition) is 1. The lowest BCUT2D eigenvalue weighted by molar-refractivity contribution is 0.376. The van der Waals surface area contributed by atoms with Gasteiger partial charge >= 0.3 is 0 Å². The molecule has 1 aromatic rings. The Balaban J connectivity index is 2.16. The molecule has 0 aromatic carbocycles. The maximum atomic E-state index is 6.39. The fourth-order valence-electron chi connectivity index (χ4n) is 2.99. The van der Waals surface area contributed by atoms with Gasteiger partial charge in [-0.2, -0.15) is 5.10 Å². The molecule has 1 aliphatic rings. The smallest absolute Gasteiger partial charge is 0.161 e. The van der Waals surface area contributed by atoms with Crippen LogP contribution in [0.2, 0.25) is 0 Å². The van der Waals surface area contributed by atoms with E-state index in [1.54, 1.807) is 13.3 Å². The molecule has 1 heterocycles. The minimum atomic E-state index is 0.0351. The number of methoxy groups -OCH3 is 1. The van der Waals surface area contributed by atoms with E-state index >= 15 is 0 Å². The van der Waals surface area contributed by atoms with Crippen molar-refractivity contribution in [2.24, 2.45) is 11.7 Å². The molecule has 1 aromatic heterocycles. The van der Waals surface area contributed by atoms with Crippen molar-refractivity contribution in [2.75, 3.05) is 7.11 Å². The first kappa shape index (κ1) is 13.4. The monoisotopic (exact) mass is 251 g/mol. The van der Waals surface area contributed by atoms with Crippen LogP contribution >= 0.6 is 0 Å². The Labute approximate surface area is 110 Å². The molecular formula is C14H25N3O. The largest absolute Gasteiger partial charge is 0.493 e. The van der Waals surface area contributed by atoms with E-state index in [-0.39, 0.29) is 6.04 Å². The zero-order chi connectivity index (χ0) is 13.1. The number of nitrogens with zero attached hydrogens (tertiary/aromatic N) is 2. The molecule has 1 aliphatic carbocycles. The summed E-state index contributed by atoms with van der Waals surface area (Å²) >= 11 is 0. The van der Waals surface area contributed by atoms with E-state index in [0.717, 1.165) is 23.8 Å². The quantitative estimate of drug-likeness (QED) is 0.875. The topological polar surface area (TPSA) is 53.1 Å². The third kappa shape index (κ3) is 2.69. The van der Waals surface area contributed by atoms with E-state index in [4.69, 9.17) is 10.5 Å². The maximum Gasteiger partial charge on any atom is 0.161 e. The number of nitrogens with two attached hydrogens (primary N) is 1. The normalized spacial score (nSPS) is 18.5. The van der Waals surface area contributed by atoms with Crippen molar-refractivity contribution in [3.8, 4) is 5.75 Å². The number of rotatable bonds is 5. The molecule has 0 amide bonds. The molecule has 1 fully saturated rings. The van der Waals surface area contributed by atoms with Gasteiger partial charge in [0.05, 0.1) is 25.0 Å². The van der Waals surface area contributed by atoms with Gasteiger partial charge in [-0.3, -0.25) is 4.68 Å². The van der Waals surface area contributed by atoms with Crippen LogP contribution in [0.1, 0.15) is 63.7 Å². The van der Waals surface area contributed by atoms with E-state index in [1.165, 1.54) is 25.7 Å². The van der Waals surface area contributed by atoms with Crippen molar-refractivity contribution >= 4 is 0 Å². The highest BCUT2D eigenvalue weighted by atomic mass is 16.5. The third-order valence-electron chi connectivity index (χ3n) is 3.92. The van der Waals surface area contributed by atoms with E-state index in [1.807, 2.05) is 4.68 Å². The van der Waals surface area contributed by atoms with Gasteiger partial charge in [0.15, 0.2) is 5.75 Å². The van der Waals surface area contributed by atoms with Gasteiger partial charge in [0.25, 0.3) is 0 Å². The summed E-state index contributed by atoms with van der Waals surface area (Å²) < 4.78 is 7.40. The van der Waals surface area contributed by atoms with Gasteiger partial charge in [0.2, 0.25) is 0 Å². The molecule has 18 heavy (non-hydrogen) atoms. The summed E-state index contributed by atoms with van der Waals surface area (Å²) in [6.45, 7) is 4.25. The lowest BCUT2D eigenvalue weighted by Gasteiger charge is -2.20. The number of hydrogen-bond acceptors (Lipinski definition) is 3. The second-order valence-corrected chi connectivity index (χ2v) is 5.63. The molecule has 0 spiro atoms. The first-order chi connectivity index (χ1) is 8.63. The summed E-state index contributed by atoms with van der Waals surface area (Å²) in [5, 5.41) is 4.39. The molecule has 4 nitrogen and oxygen atoms in total. The van der Waals surface area contributed by atoms with Crippen LogP contribution in [-0.2, 0) is 0 Å². The molecule has 0 aliphatic heterocycles. The Kier molecular flexibility index (Phi) is 4.27. The highest BCUT2D eigenvalue weighted by Gasteiger charge is 2.24. The molecule has 102 valence electrons. The molecule has 4 heteroatoms. The highest BCUT2D eigenvalue weighted by Crippen LogP contribution is 2.35. The van der Waals surface area contributed by atoms with Crippen LogP contribution in [-0.4, -0.2) is 16.9 Å². The molecule has 1 saturated carbocycles. The third-order valence-corrected chi connectivity index (χ3v) is 3.92. The highest BCUT2D eigenvalue weighted by molar-refractivity contribution is 5.28. The van der Waals surface area contributed by atoms with Gasteiger partial charge in [0.1, 0.15) is 0 Å². The van der Waals surface area contributed by atoms with Gasteiger partial charge in [-0.05, 0) is 26.2 Å². The van der Waals surface area contributed by atoms with Crippen LogP contribution in [0.25, 0.3) is 0 Å². The Hall–Kier alpha value is -1.03. The van der Waals surface area contributed by atoms with E-state index in [2.05, 4.69) is 18.9 Å². The minimum Gasteiger partial charge on any atom is -0.493 e. The Morgan fingerprint density at radius 1 is 1.44 bits per heavy atom. The molecular weight excluding hydrogens is 226 g/mol. The van der Waals surface area contributed by atoms with Crippen LogP contribution in [0.4, 0.5) is 0 Å². The summed E-state index contributed by atoms with van der Waals surface area (Å²) in [4.78, 5) is 0. The van der Waals surface area contributed by atoms with Crippen LogP contribution < -0.4 is 10.5 Å². The second-order valence-electron chi connectivity index (χ2n) is 5.63. The average molecular weight is 251 g/mol. The first-order valence-electron chi connectivity index (χ1n) is 7.00. The zero-order valence-electron chi connectivity index (χ0n) is 11.7.